The molecule has 0 bridgehead atoms. The Bertz CT molecular complexity index is 920. The van der Waals surface area contributed by atoms with Gasteiger partial charge in [-0.15, -0.1) is 12.4 Å². The maximum atomic E-state index is 11.8. The third-order valence-corrected chi connectivity index (χ3v) is 4.31. The number of hydrogen-bond acceptors (Lipinski definition) is 4. The fourth-order valence-corrected chi connectivity index (χ4v) is 2.86. The summed E-state index contributed by atoms with van der Waals surface area (Å²) in [6.07, 6.45) is 3.51. The van der Waals surface area contributed by atoms with Crippen molar-refractivity contribution >= 4 is 42.2 Å². The normalized spacial score (nSPS) is 13.7. The predicted molar refractivity (Wildman–Crippen MR) is 106 cm³/mol. The molecule has 0 aliphatic carbocycles. The summed E-state index contributed by atoms with van der Waals surface area (Å²) in [7, 11) is 0. The fraction of sp³-hybridized carbons (Fsp3) is 0.211. The molecule has 2 aromatic carbocycles. The van der Waals surface area contributed by atoms with Gasteiger partial charge in [-0.25, -0.2) is 5.84 Å². The van der Waals surface area contributed by atoms with E-state index in [2.05, 4.69) is 24.3 Å². The van der Waals surface area contributed by atoms with Crippen molar-refractivity contribution in [1.82, 2.24) is 5.43 Å². The number of nitrogen functional groups attached to an aromatic ring is 1. The molecular weight excluding hydrogens is 352 g/mol. The van der Waals surface area contributed by atoms with E-state index in [1.165, 1.54) is 0 Å². The van der Waals surface area contributed by atoms with Crippen LogP contribution in [-0.2, 0) is 0 Å². The highest BCUT2D eigenvalue weighted by atomic mass is 35.5. The summed E-state index contributed by atoms with van der Waals surface area (Å²) in [6, 6.07) is 9.11. The summed E-state index contributed by atoms with van der Waals surface area (Å²) >= 11 is 0. The van der Waals surface area contributed by atoms with Gasteiger partial charge in [0.1, 0.15) is 12.0 Å². The molecule has 0 radical (unpaired) electrons. The average Bonchev–Trinajstić information content (AvgIpc) is 3.00. The molecule has 0 unspecified atom stereocenters. The molecule has 0 saturated heterocycles. The Morgan fingerprint density at radius 3 is 2.69 bits per heavy atom. The van der Waals surface area contributed by atoms with E-state index in [9.17, 15) is 9.90 Å². The molecule has 0 atom stereocenters. The molecule has 0 spiro atoms. The molecule has 0 aromatic heterocycles. The highest BCUT2D eigenvalue weighted by Crippen LogP contribution is 2.34. The number of carbonyl (C=O) groups is 1. The number of carbonyl (C=O) groups excluding carboxylic acids is 1. The summed E-state index contributed by atoms with van der Waals surface area (Å²) in [5, 5.41) is 10.5. The van der Waals surface area contributed by atoms with Gasteiger partial charge in [0.15, 0.2) is 5.69 Å². The average molecular weight is 374 g/mol. The molecule has 136 valence electrons. The number of nitrogens with one attached hydrogen (secondary N) is 1. The first kappa shape index (κ1) is 19.6. The minimum absolute atomic E-state index is 0. The third kappa shape index (κ3) is 3.47. The Kier molecular flexibility index (Phi) is 5.79. The van der Waals surface area contributed by atoms with Crippen LogP contribution in [0.2, 0.25) is 0 Å². The van der Waals surface area contributed by atoms with Gasteiger partial charge in [0.25, 0.3) is 12.2 Å². The lowest BCUT2D eigenvalue weighted by Crippen LogP contribution is -2.29. The Morgan fingerprint density at radius 2 is 2.04 bits per heavy atom. The first-order valence-corrected chi connectivity index (χ1v) is 8.07. The molecule has 1 aliphatic heterocycles. The monoisotopic (exact) mass is 373 g/mol. The Balaban J connectivity index is 0.00000243. The lowest BCUT2D eigenvalue weighted by atomic mass is 9.95. The molecule has 0 saturated carbocycles. The molecule has 1 heterocycles. The second-order valence-corrected chi connectivity index (χ2v) is 6.35. The van der Waals surface area contributed by atoms with Crippen LogP contribution >= 0.6 is 12.4 Å². The van der Waals surface area contributed by atoms with Crippen LogP contribution in [0.25, 0.3) is 0 Å². The van der Waals surface area contributed by atoms with E-state index >= 15 is 0 Å². The van der Waals surface area contributed by atoms with E-state index in [1.807, 2.05) is 29.8 Å². The number of phenolic OH excluding ortho intramolecular Hbond substituents is 1. The van der Waals surface area contributed by atoms with Gasteiger partial charge < -0.3 is 5.11 Å². The maximum Gasteiger partial charge on any atom is 0.292 e. The van der Waals surface area contributed by atoms with Gasteiger partial charge in [0.05, 0.1) is 5.56 Å². The molecule has 3 rings (SSSR count). The Labute approximate surface area is 158 Å². The molecule has 1 amide bonds. The van der Waals surface area contributed by atoms with Crippen molar-refractivity contribution in [3.05, 3.63) is 52.6 Å². The van der Waals surface area contributed by atoms with Gasteiger partial charge in [0.2, 0.25) is 5.69 Å². The number of nitrogens with two attached hydrogens (primary N) is 1. The highest BCUT2D eigenvalue weighted by Gasteiger charge is 2.24. The number of hydrazine groups is 1. The molecule has 0 fully saturated rings. The van der Waals surface area contributed by atoms with Gasteiger partial charge in [-0.3, -0.25) is 10.2 Å². The largest absolute Gasteiger partial charge is 0.507 e. The minimum Gasteiger partial charge on any atom is -0.507 e. The van der Waals surface area contributed by atoms with Gasteiger partial charge in [0, 0.05) is 11.6 Å². The number of phenols is 1. The third-order valence-electron chi connectivity index (χ3n) is 4.31. The first-order chi connectivity index (χ1) is 11.9. The number of aryl methyl sites for hydroxylation is 1. The zero-order valence-corrected chi connectivity index (χ0v) is 15.7. The van der Waals surface area contributed by atoms with Crippen molar-refractivity contribution in [3.8, 4) is 5.75 Å². The molecule has 1 aliphatic rings. The quantitative estimate of drug-likeness (QED) is 0.333. The van der Waals surface area contributed by atoms with Crippen LogP contribution in [0.5, 0.6) is 5.75 Å². The van der Waals surface area contributed by atoms with Crippen LogP contribution < -0.4 is 11.3 Å². The van der Waals surface area contributed by atoms with Crippen LogP contribution in [0.4, 0.5) is 11.4 Å². The van der Waals surface area contributed by atoms with E-state index < -0.39 is 0 Å². The number of benzene rings is 2. The summed E-state index contributed by atoms with van der Waals surface area (Å²) in [5.41, 5.74) is 6.69. The van der Waals surface area contributed by atoms with Crippen LogP contribution in [0.15, 0.2) is 35.3 Å². The topological polar surface area (TPSA) is 90.7 Å². The standard InChI is InChI=1S/C19H20N4O2.ClH/c1-11(2)14-6-4-12(3)18(24)15(14)9-23-10-21-16-7-5-13(8-17(16)23)19(25)22-20;/h4-11H,20H2,1-3H3,(H,22,25);1H/p+1. The van der Waals surface area contributed by atoms with Crippen LogP contribution in [0, 0.1) is 6.92 Å². The van der Waals surface area contributed by atoms with Crippen LogP contribution in [0.3, 0.4) is 0 Å². The van der Waals surface area contributed by atoms with E-state index in [-0.39, 0.29) is 30.0 Å². The van der Waals surface area contributed by atoms with Crippen molar-refractivity contribution in [2.24, 2.45) is 10.8 Å². The molecule has 26 heavy (non-hydrogen) atoms. The number of halogens is 1. The lowest BCUT2D eigenvalue weighted by Gasteiger charge is -2.13. The van der Waals surface area contributed by atoms with Crippen molar-refractivity contribution in [2.45, 2.75) is 26.7 Å². The molecular formula is C19H22ClN4O2+. The maximum absolute atomic E-state index is 11.8. The van der Waals surface area contributed by atoms with Crippen molar-refractivity contribution in [2.75, 3.05) is 0 Å². The summed E-state index contributed by atoms with van der Waals surface area (Å²) < 4.78 is 1.81. The highest BCUT2D eigenvalue weighted by molar-refractivity contribution is 5.96. The number of nitrogens with zero attached hydrogens (tertiary/aromatic N) is 2. The molecule has 7 heteroatoms. The van der Waals surface area contributed by atoms with Crippen molar-refractivity contribution in [3.63, 3.8) is 0 Å². The number of aliphatic imine (C=N–C) groups is 1. The van der Waals surface area contributed by atoms with E-state index in [4.69, 9.17) is 5.84 Å². The van der Waals surface area contributed by atoms with Gasteiger partial charge in [-0.1, -0.05) is 26.0 Å². The second kappa shape index (κ2) is 7.68. The number of hydrogen-bond donors (Lipinski definition) is 3. The fourth-order valence-electron chi connectivity index (χ4n) is 2.86. The summed E-state index contributed by atoms with van der Waals surface area (Å²) in [6.45, 7) is 6.03. The van der Waals surface area contributed by atoms with E-state index in [0.29, 0.717) is 5.56 Å². The summed E-state index contributed by atoms with van der Waals surface area (Å²) in [5.74, 6) is 5.36. The van der Waals surface area contributed by atoms with Crippen molar-refractivity contribution < 1.29 is 14.5 Å². The number of aromatic hydroxyl groups is 1. The van der Waals surface area contributed by atoms with Crippen LogP contribution in [-0.4, -0.2) is 28.1 Å². The van der Waals surface area contributed by atoms with E-state index in [1.54, 1.807) is 24.5 Å². The summed E-state index contributed by atoms with van der Waals surface area (Å²) in [4.78, 5) is 16.1. The van der Waals surface area contributed by atoms with E-state index in [0.717, 1.165) is 28.1 Å². The van der Waals surface area contributed by atoms with Crippen LogP contribution in [0.1, 0.15) is 46.8 Å². The number of rotatable bonds is 3. The minimum atomic E-state index is -0.365. The number of amides is 1. The lowest BCUT2D eigenvalue weighted by molar-refractivity contribution is -0.282. The molecule has 4 N–H and O–H groups in total. The number of fused-ring (bicyclic) bond motifs is 1. The van der Waals surface area contributed by atoms with Gasteiger partial charge >= 0.3 is 0 Å². The van der Waals surface area contributed by atoms with Gasteiger partial charge in [-0.05, 0) is 41.1 Å². The SMILES string of the molecule is Cc1ccc(C(C)C)c(C=[N+]2C=Nc3ccc(C(=O)NN)cc32)c1O.Cl. The second-order valence-electron chi connectivity index (χ2n) is 6.35. The molecule has 2 aromatic rings. The Morgan fingerprint density at radius 1 is 1.31 bits per heavy atom. The Hall–Kier alpha value is -2.70. The van der Waals surface area contributed by atoms with Gasteiger partial charge in [-0.2, -0.15) is 4.58 Å². The smallest absolute Gasteiger partial charge is 0.292 e. The molecule has 6 nitrogen and oxygen atoms in total. The predicted octanol–water partition coefficient (Wildman–Crippen LogP) is 3.29. The zero-order valence-electron chi connectivity index (χ0n) is 14.9. The van der Waals surface area contributed by atoms with Crippen molar-refractivity contribution in [1.29, 1.82) is 0 Å². The zero-order chi connectivity index (χ0) is 18.1. The first-order valence-electron chi connectivity index (χ1n) is 8.07.